The summed E-state index contributed by atoms with van der Waals surface area (Å²) in [6, 6.07) is 7.38. The molecular weight excluding hydrogens is 310 g/mol. The van der Waals surface area contributed by atoms with Crippen molar-refractivity contribution in [3.8, 4) is 11.6 Å². The van der Waals surface area contributed by atoms with E-state index < -0.39 is 5.69 Å². The summed E-state index contributed by atoms with van der Waals surface area (Å²) in [7, 11) is 1.59. The van der Waals surface area contributed by atoms with Crippen molar-refractivity contribution in [2.24, 2.45) is 0 Å². The second-order valence-electron chi connectivity index (χ2n) is 5.09. The molecule has 0 N–H and O–H groups in total. The summed E-state index contributed by atoms with van der Waals surface area (Å²) in [6.45, 7) is 1.71. The van der Waals surface area contributed by atoms with E-state index in [-0.39, 0.29) is 17.3 Å². The van der Waals surface area contributed by atoms with Gasteiger partial charge in [-0.15, -0.1) is 0 Å². The standard InChI is InChI=1S/C16H15N5O3/c1-11(22)14-15(18-8-7-17-14)21-16(23)20(10-19-21)9-12-3-5-13(24-2)6-4-12/h3-8,10H,9H2,1-2H3. The van der Waals surface area contributed by atoms with Crippen molar-refractivity contribution in [3.05, 3.63) is 64.7 Å². The minimum Gasteiger partial charge on any atom is -0.497 e. The van der Waals surface area contributed by atoms with Crippen molar-refractivity contribution >= 4 is 5.78 Å². The zero-order valence-corrected chi connectivity index (χ0v) is 13.2. The normalized spacial score (nSPS) is 10.6. The molecule has 0 atom stereocenters. The molecule has 0 amide bonds. The molecule has 0 saturated carbocycles. The highest BCUT2D eigenvalue weighted by atomic mass is 16.5. The van der Waals surface area contributed by atoms with Gasteiger partial charge in [-0.05, 0) is 17.7 Å². The number of Topliss-reactive ketones (excluding diaryl/α,β-unsaturated/α-hetero) is 1. The molecule has 0 aliphatic heterocycles. The van der Waals surface area contributed by atoms with E-state index >= 15 is 0 Å². The predicted octanol–water partition coefficient (Wildman–Crippen LogP) is 1.08. The number of rotatable bonds is 5. The van der Waals surface area contributed by atoms with Gasteiger partial charge in [0.05, 0.1) is 13.7 Å². The van der Waals surface area contributed by atoms with Gasteiger partial charge < -0.3 is 4.74 Å². The van der Waals surface area contributed by atoms with Gasteiger partial charge in [-0.2, -0.15) is 9.78 Å². The summed E-state index contributed by atoms with van der Waals surface area (Å²) in [5.74, 6) is 0.589. The molecule has 0 bridgehead atoms. The highest BCUT2D eigenvalue weighted by Gasteiger charge is 2.16. The Bertz CT molecular complexity index is 927. The van der Waals surface area contributed by atoms with Crippen LogP contribution in [0.5, 0.6) is 5.75 Å². The molecular formula is C16H15N5O3. The van der Waals surface area contributed by atoms with Crippen LogP contribution in [0.25, 0.3) is 5.82 Å². The third kappa shape index (κ3) is 2.94. The Morgan fingerprint density at radius 2 is 1.88 bits per heavy atom. The Labute approximate surface area is 137 Å². The van der Waals surface area contributed by atoms with Crippen LogP contribution in [0.2, 0.25) is 0 Å². The van der Waals surface area contributed by atoms with E-state index in [0.29, 0.717) is 6.54 Å². The number of methoxy groups -OCH3 is 1. The van der Waals surface area contributed by atoms with Gasteiger partial charge in [-0.1, -0.05) is 12.1 Å². The number of carbonyl (C=O) groups is 1. The van der Waals surface area contributed by atoms with Crippen molar-refractivity contribution in [1.29, 1.82) is 0 Å². The maximum absolute atomic E-state index is 12.5. The molecule has 2 aromatic heterocycles. The number of ketones is 1. The Kier molecular flexibility index (Phi) is 4.19. The van der Waals surface area contributed by atoms with E-state index in [9.17, 15) is 9.59 Å². The molecule has 0 spiro atoms. The highest BCUT2D eigenvalue weighted by Crippen LogP contribution is 2.12. The molecule has 0 aliphatic carbocycles. The minimum absolute atomic E-state index is 0.106. The van der Waals surface area contributed by atoms with Crippen molar-refractivity contribution in [2.75, 3.05) is 7.11 Å². The van der Waals surface area contributed by atoms with E-state index in [1.807, 2.05) is 24.3 Å². The average Bonchev–Trinajstić information content (AvgIpc) is 2.96. The summed E-state index contributed by atoms with van der Waals surface area (Å²) in [6.07, 6.45) is 4.22. The fourth-order valence-electron chi connectivity index (χ4n) is 2.25. The SMILES string of the molecule is COc1ccc(Cn2cnn(-c3nccnc3C(C)=O)c2=O)cc1. The van der Waals surface area contributed by atoms with E-state index in [2.05, 4.69) is 15.1 Å². The molecule has 8 nitrogen and oxygen atoms in total. The third-order valence-electron chi connectivity index (χ3n) is 3.46. The summed E-state index contributed by atoms with van der Waals surface area (Å²) in [4.78, 5) is 32.2. The van der Waals surface area contributed by atoms with Crippen LogP contribution in [-0.2, 0) is 6.54 Å². The van der Waals surface area contributed by atoms with Crippen LogP contribution in [0.1, 0.15) is 23.0 Å². The Morgan fingerprint density at radius 1 is 1.17 bits per heavy atom. The van der Waals surface area contributed by atoms with Gasteiger partial charge in [-0.25, -0.2) is 14.8 Å². The zero-order valence-electron chi connectivity index (χ0n) is 13.2. The molecule has 0 unspecified atom stereocenters. The molecule has 0 saturated heterocycles. The summed E-state index contributed by atoms with van der Waals surface area (Å²) < 4.78 is 7.62. The topological polar surface area (TPSA) is 91.9 Å². The van der Waals surface area contributed by atoms with Gasteiger partial charge in [0.2, 0.25) is 0 Å². The van der Waals surface area contributed by atoms with Gasteiger partial charge >= 0.3 is 5.69 Å². The lowest BCUT2D eigenvalue weighted by atomic mass is 10.2. The molecule has 3 aromatic rings. The Balaban J connectivity index is 1.94. The van der Waals surface area contributed by atoms with E-state index in [1.54, 1.807) is 7.11 Å². The molecule has 0 fully saturated rings. The Hall–Kier alpha value is -3.29. The van der Waals surface area contributed by atoms with E-state index in [0.717, 1.165) is 16.0 Å². The first-order chi connectivity index (χ1) is 11.6. The number of hydrogen-bond donors (Lipinski definition) is 0. The summed E-state index contributed by atoms with van der Waals surface area (Å²) >= 11 is 0. The van der Waals surface area contributed by atoms with Crippen LogP contribution in [0.3, 0.4) is 0 Å². The van der Waals surface area contributed by atoms with E-state index in [1.165, 1.54) is 30.2 Å². The largest absolute Gasteiger partial charge is 0.497 e. The fourth-order valence-corrected chi connectivity index (χ4v) is 2.25. The molecule has 122 valence electrons. The number of aromatic nitrogens is 5. The lowest BCUT2D eigenvalue weighted by Gasteiger charge is -2.04. The minimum atomic E-state index is -0.395. The van der Waals surface area contributed by atoms with Crippen LogP contribution in [0.4, 0.5) is 0 Å². The quantitative estimate of drug-likeness (QED) is 0.652. The number of hydrogen-bond acceptors (Lipinski definition) is 6. The third-order valence-corrected chi connectivity index (χ3v) is 3.46. The molecule has 0 aliphatic rings. The fraction of sp³-hybridized carbons (Fsp3) is 0.188. The highest BCUT2D eigenvalue weighted by molar-refractivity contribution is 5.94. The van der Waals surface area contributed by atoms with Gasteiger partial charge in [0.25, 0.3) is 0 Å². The monoisotopic (exact) mass is 325 g/mol. The lowest BCUT2D eigenvalue weighted by molar-refractivity contribution is 0.101. The second-order valence-corrected chi connectivity index (χ2v) is 5.09. The van der Waals surface area contributed by atoms with Crippen molar-refractivity contribution in [1.82, 2.24) is 24.3 Å². The molecule has 0 radical (unpaired) electrons. The van der Waals surface area contributed by atoms with Gasteiger partial charge in [0, 0.05) is 19.3 Å². The van der Waals surface area contributed by atoms with Crippen LogP contribution >= 0.6 is 0 Å². The summed E-state index contributed by atoms with van der Waals surface area (Å²) in [5, 5.41) is 4.05. The number of carbonyl (C=O) groups excluding carboxylic acids is 1. The maximum Gasteiger partial charge on any atom is 0.352 e. The molecule has 1 aromatic carbocycles. The van der Waals surface area contributed by atoms with Crippen LogP contribution in [0.15, 0.2) is 47.8 Å². The lowest BCUT2D eigenvalue weighted by Crippen LogP contribution is -2.26. The van der Waals surface area contributed by atoms with Gasteiger partial charge in [0.15, 0.2) is 17.3 Å². The first-order valence-electron chi connectivity index (χ1n) is 7.20. The zero-order chi connectivity index (χ0) is 17.1. The van der Waals surface area contributed by atoms with E-state index in [4.69, 9.17) is 4.74 Å². The Morgan fingerprint density at radius 3 is 2.54 bits per heavy atom. The number of benzene rings is 1. The van der Waals surface area contributed by atoms with Crippen molar-refractivity contribution in [2.45, 2.75) is 13.5 Å². The maximum atomic E-state index is 12.5. The van der Waals surface area contributed by atoms with Crippen LogP contribution in [0, 0.1) is 0 Å². The molecule has 2 heterocycles. The van der Waals surface area contributed by atoms with Crippen LogP contribution < -0.4 is 10.4 Å². The van der Waals surface area contributed by atoms with Gasteiger partial charge in [-0.3, -0.25) is 9.36 Å². The second kappa shape index (κ2) is 6.45. The van der Waals surface area contributed by atoms with Crippen molar-refractivity contribution < 1.29 is 9.53 Å². The summed E-state index contributed by atoms with van der Waals surface area (Å²) in [5.41, 5.74) is 0.631. The average molecular weight is 325 g/mol. The molecule has 8 heteroatoms. The first-order valence-corrected chi connectivity index (χ1v) is 7.20. The van der Waals surface area contributed by atoms with Crippen LogP contribution in [-0.4, -0.2) is 37.2 Å². The predicted molar refractivity (Wildman–Crippen MR) is 85.5 cm³/mol. The number of ether oxygens (including phenoxy) is 1. The smallest absolute Gasteiger partial charge is 0.352 e. The first kappa shape index (κ1) is 15.6. The molecule has 3 rings (SSSR count). The van der Waals surface area contributed by atoms with Crippen molar-refractivity contribution in [3.63, 3.8) is 0 Å². The number of nitrogens with zero attached hydrogens (tertiary/aromatic N) is 5. The molecule has 24 heavy (non-hydrogen) atoms. The van der Waals surface area contributed by atoms with Gasteiger partial charge in [0.1, 0.15) is 12.1 Å².